The summed E-state index contributed by atoms with van der Waals surface area (Å²) < 4.78 is 25.9. The van der Waals surface area contributed by atoms with E-state index in [2.05, 4.69) is 9.97 Å². The number of hydrogen-bond donors (Lipinski definition) is 2. The molecule has 0 amide bonds. The Morgan fingerprint density at radius 3 is 2.71 bits per heavy atom. The Labute approximate surface area is 102 Å². The SMILES string of the molecule is NCCc1nc(-c2ccc(F)c(F)c2)c(Cl)[nH]1. The second kappa shape index (κ2) is 4.81. The van der Waals surface area contributed by atoms with Crippen LogP contribution in [0.15, 0.2) is 18.2 Å². The number of H-pyrrole nitrogens is 1. The summed E-state index contributed by atoms with van der Waals surface area (Å²) in [5.74, 6) is -1.21. The van der Waals surface area contributed by atoms with Gasteiger partial charge in [0.15, 0.2) is 11.6 Å². The van der Waals surface area contributed by atoms with E-state index in [9.17, 15) is 8.78 Å². The average molecular weight is 258 g/mol. The first kappa shape index (κ1) is 12.0. The van der Waals surface area contributed by atoms with Gasteiger partial charge < -0.3 is 10.7 Å². The highest BCUT2D eigenvalue weighted by atomic mass is 35.5. The minimum Gasteiger partial charge on any atom is -0.332 e. The first-order valence-electron chi connectivity index (χ1n) is 5.01. The molecular weight excluding hydrogens is 248 g/mol. The minimum absolute atomic E-state index is 0.291. The van der Waals surface area contributed by atoms with Gasteiger partial charge in [-0.05, 0) is 24.7 Å². The fourth-order valence-electron chi connectivity index (χ4n) is 1.49. The molecule has 0 spiro atoms. The fourth-order valence-corrected chi connectivity index (χ4v) is 1.75. The average Bonchev–Trinajstić information content (AvgIpc) is 2.64. The first-order valence-corrected chi connectivity index (χ1v) is 5.39. The number of benzene rings is 1. The van der Waals surface area contributed by atoms with Gasteiger partial charge in [-0.2, -0.15) is 0 Å². The van der Waals surface area contributed by atoms with Gasteiger partial charge in [-0.3, -0.25) is 0 Å². The maximum atomic E-state index is 13.1. The highest BCUT2D eigenvalue weighted by Crippen LogP contribution is 2.26. The smallest absolute Gasteiger partial charge is 0.159 e. The molecular formula is C11H10ClF2N3. The van der Waals surface area contributed by atoms with E-state index in [0.29, 0.717) is 35.2 Å². The molecule has 3 N–H and O–H groups in total. The van der Waals surface area contributed by atoms with Crippen LogP contribution in [0, 0.1) is 11.6 Å². The highest BCUT2D eigenvalue weighted by Gasteiger charge is 2.12. The van der Waals surface area contributed by atoms with Gasteiger partial charge in [-0.25, -0.2) is 13.8 Å². The zero-order valence-corrected chi connectivity index (χ0v) is 9.56. The van der Waals surface area contributed by atoms with Crippen LogP contribution in [0.1, 0.15) is 5.82 Å². The van der Waals surface area contributed by atoms with E-state index in [1.54, 1.807) is 0 Å². The number of aromatic amines is 1. The molecule has 17 heavy (non-hydrogen) atoms. The molecule has 0 bridgehead atoms. The number of imidazole rings is 1. The van der Waals surface area contributed by atoms with Crippen LogP contribution in [0.5, 0.6) is 0 Å². The summed E-state index contributed by atoms with van der Waals surface area (Å²) in [5.41, 5.74) is 6.21. The first-order chi connectivity index (χ1) is 8.11. The van der Waals surface area contributed by atoms with Gasteiger partial charge in [-0.1, -0.05) is 11.6 Å². The van der Waals surface area contributed by atoms with Crippen LogP contribution in [-0.2, 0) is 6.42 Å². The predicted octanol–water partition coefficient (Wildman–Crippen LogP) is 2.51. The van der Waals surface area contributed by atoms with E-state index in [1.165, 1.54) is 6.07 Å². The van der Waals surface area contributed by atoms with E-state index in [4.69, 9.17) is 17.3 Å². The molecule has 1 aromatic carbocycles. The van der Waals surface area contributed by atoms with Crippen LogP contribution in [0.25, 0.3) is 11.3 Å². The summed E-state index contributed by atoms with van der Waals surface area (Å²) in [6.07, 6.45) is 0.545. The topological polar surface area (TPSA) is 54.7 Å². The van der Waals surface area contributed by atoms with Gasteiger partial charge in [0, 0.05) is 12.0 Å². The van der Waals surface area contributed by atoms with Crippen molar-refractivity contribution in [3.05, 3.63) is 40.8 Å². The summed E-state index contributed by atoms with van der Waals surface area (Å²) in [7, 11) is 0. The molecule has 90 valence electrons. The second-order valence-electron chi connectivity index (χ2n) is 3.51. The van der Waals surface area contributed by atoms with E-state index in [0.717, 1.165) is 12.1 Å². The monoisotopic (exact) mass is 257 g/mol. The van der Waals surface area contributed by atoms with Crippen LogP contribution in [0.4, 0.5) is 8.78 Å². The van der Waals surface area contributed by atoms with Gasteiger partial charge >= 0.3 is 0 Å². The molecule has 0 aliphatic heterocycles. The molecule has 0 unspecified atom stereocenters. The second-order valence-corrected chi connectivity index (χ2v) is 3.89. The molecule has 0 atom stereocenters. The summed E-state index contributed by atoms with van der Waals surface area (Å²) in [4.78, 5) is 7.02. The van der Waals surface area contributed by atoms with Crippen molar-refractivity contribution in [3.63, 3.8) is 0 Å². The van der Waals surface area contributed by atoms with Crippen molar-refractivity contribution in [2.24, 2.45) is 5.73 Å². The fraction of sp³-hybridized carbons (Fsp3) is 0.182. The third-order valence-corrected chi connectivity index (χ3v) is 2.56. The number of nitrogens with one attached hydrogen (secondary N) is 1. The normalized spacial score (nSPS) is 10.8. The lowest BCUT2D eigenvalue weighted by molar-refractivity contribution is 0.509. The Balaban J connectivity index is 2.41. The van der Waals surface area contributed by atoms with Crippen LogP contribution in [-0.4, -0.2) is 16.5 Å². The Bertz CT molecular complexity index is 540. The number of halogens is 3. The number of rotatable bonds is 3. The maximum Gasteiger partial charge on any atom is 0.159 e. The molecule has 0 fully saturated rings. The van der Waals surface area contributed by atoms with Crippen molar-refractivity contribution in [1.29, 1.82) is 0 Å². The number of aromatic nitrogens is 2. The van der Waals surface area contributed by atoms with Crippen molar-refractivity contribution in [1.82, 2.24) is 9.97 Å². The minimum atomic E-state index is -0.929. The van der Waals surface area contributed by atoms with Crippen LogP contribution in [0.3, 0.4) is 0 Å². The van der Waals surface area contributed by atoms with Gasteiger partial charge in [0.05, 0.1) is 0 Å². The van der Waals surface area contributed by atoms with Crippen LogP contribution in [0.2, 0.25) is 5.15 Å². The molecule has 1 heterocycles. The maximum absolute atomic E-state index is 13.1. The van der Waals surface area contributed by atoms with Crippen LogP contribution < -0.4 is 5.73 Å². The summed E-state index contributed by atoms with van der Waals surface area (Å²) in [6.45, 7) is 0.432. The molecule has 0 aliphatic carbocycles. The van der Waals surface area contributed by atoms with Crippen LogP contribution >= 0.6 is 11.6 Å². The standard InChI is InChI=1S/C11H10ClF2N3/c12-11-10(16-9(17-11)3-4-15)6-1-2-7(13)8(14)5-6/h1-2,5H,3-4,15H2,(H,16,17). The molecule has 1 aromatic heterocycles. The summed E-state index contributed by atoms with van der Waals surface area (Å²) in [6, 6.07) is 3.52. The van der Waals surface area contributed by atoms with Crippen molar-refractivity contribution in [2.75, 3.05) is 6.54 Å². The van der Waals surface area contributed by atoms with Gasteiger partial charge in [0.1, 0.15) is 16.7 Å². The zero-order valence-electron chi connectivity index (χ0n) is 8.80. The molecule has 0 radical (unpaired) electrons. The van der Waals surface area contributed by atoms with Crippen molar-refractivity contribution < 1.29 is 8.78 Å². The third-order valence-electron chi connectivity index (χ3n) is 2.28. The molecule has 0 saturated carbocycles. The Kier molecular flexibility index (Phi) is 3.40. The number of nitrogens with zero attached hydrogens (tertiary/aromatic N) is 1. The van der Waals surface area contributed by atoms with Gasteiger partial charge in [0.2, 0.25) is 0 Å². The Morgan fingerprint density at radius 1 is 1.29 bits per heavy atom. The van der Waals surface area contributed by atoms with Gasteiger partial charge in [0.25, 0.3) is 0 Å². The van der Waals surface area contributed by atoms with E-state index >= 15 is 0 Å². The summed E-state index contributed by atoms with van der Waals surface area (Å²) >= 11 is 5.93. The molecule has 3 nitrogen and oxygen atoms in total. The van der Waals surface area contributed by atoms with E-state index in [-0.39, 0.29) is 0 Å². The largest absolute Gasteiger partial charge is 0.332 e. The molecule has 2 aromatic rings. The molecule has 0 saturated heterocycles. The van der Waals surface area contributed by atoms with Crippen molar-refractivity contribution in [2.45, 2.75) is 6.42 Å². The Hall–Kier alpha value is -1.46. The predicted molar refractivity (Wildman–Crippen MR) is 61.7 cm³/mol. The summed E-state index contributed by atoms with van der Waals surface area (Å²) in [5, 5.41) is 0.291. The Morgan fingerprint density at radius 2 is 2.06 bits per heavy atom. The van der Waals surface area contributed by atoms with E-state index in [1.807, 2.05) is 0 Å². The molecule has 0 aliphatic rings. The third kappa shape index (κ3) is 2.45. The quantitative estimate of drug-likeness (QED) is 0.888. The molecule has 2 rings (SSSR count). The lowest BCUT2D eigenvalue weighted by Gasteiger charge is -1.98. The lowest BCUT2D eigenvalue weighted by atomic mass is 10.1. The number of nitrogens with two attached hydrogens (primary N) is 1. The number of hydrogen-bond acceptors (Lipinski definition) is 2. The van der Waals surface area contributed by atoms with Gasteiger partial charge in [-0.15, -0.1) is 0 Å². The van der Waals surface area contributed by atoms with E-state index < -0.39 is 11.6 Å². The van der Waals surface area contributed by atoms with Crippen molar-refractivity contribution in [3.8, 4) is 11.3 Å². The van der Waals surface area contributed by atoms with Crippen molar-refractivity contribution >= 4 is 11.6 Å². The molecule has 6 heteroatoms. The zero-order chi connectivity index (χ0) is 12.4. The lowest BCUT2D eigenvalue weighted by Crippen LogP contribution is -2.03. The highest BCUT2D eigenvalue weighted by molar-refractivity contribution is 6.31.